The average molecular weight is 325 g/mol. The summed E-state index contributed by atoms with van der Waals surface area (Å²) in [5.41, 5.74) is 0. The van der Waals surface area contributed by atoms with Crippen LogP contribution in [0.4, 0.5) is 18.0 Å². The number of halogens is 4. The minimum Gasteiger partial charge on any atom is -0.424 e. The van der Waals surface area contributed by atoms with Crippen molar-refractivity contribution in [3.63, 3.8) is 0 Å². The summed E-state index contributed by atoms with van der Waals surface area (Å²) in [6.07, 6.45) is -4.99. The molecule has 2 N–H and O–H groups in total. The van der Waals surface area contributed by atoms with Gasteiger partial charge >= 0.3 is 18.1 Å². The van der Waals surface area contributed by atoms with Crippen molar-refractivity contribution in [2.24, 2.45) is 0 Å². The van der Waals surface area contributed by atoms with Crippen molar-refractivity contribution >= 4 is 17.6 Å². The molecule has 0 radical (unpaired) electrons. The van der Waals surface area contributed by atoms with Crippen LogP contribution in [-0.2, 0) is 0 Å². The molecule has 1 aromatic rings. The average Bonchev–Trinajstić information content (AvgIpc) is 2.65. The van der Waals surface area contributed by atoms with E-state index >= 15 is 0 Å². The fourth-order valence-corrected chi connectivity index (χ4v) is 1.82. The number of carbonyl (C=O) groups is 1. The van der Waals surface area contributed by atoms with Gasteiger partial charge in [0.05, 0.1) is 0 Å². The minimum atomic E-state index is -4.99. The third kappa shape index (κ3) is 3.10. The van der Waals surface area contributed by atoms with Crippen molar-refractivity contribution in [3.8, 4) is 11.5 Å². The molecule has 0 bridgehead atoms. The Kier molecular flexibility index (Phi) is 3.83. The molecule has 0 aliphatic carbocycles. The molecule has 0 saturated heterocycles. The number of nitrogens with one attached hydrogen (secondary N) is 2. The number of amides is 2. The number of hydrogen-bond donors (Lipinski definition) is 2. The van der Waals surface area contributed by atoms with Crippen LogP contribution < -0.4 is 20.1 Å². The SMILES string of the molecule is CC(C)NC(=O)N[C@@]1(C(F)(F)F)Oc2ccc(Cl)cc2O1. The van der Waals surface area contributed by atoms with Gasteiger partial charge in [0.15, 0.2) is 11.5 Å². The van der Waals surface area contributed by atoms with E-state index in [-0.39, 0.29) is 22.6 Å². The molecule has 116 valence electrons. The molecule has 0 aromatic heterocycles. The summed E-state index contributed by atoms with van der Waals surface area (Å²) in [5, 5.41) is 4.12. The first-order chi connectivity index (χ1) is 9.63. The number of benzene rings is 1. The van der Waals surface area contributed by atoms with Crippen molar-refractivity contribution in [3.05, 3.63) is 23.2 Å². The lowest BCUT2D eigenvalue weighted by atomic mass is 10.3. The van der Waals surface area contributed by atoms with E-state index in [1.807, 2.05) is 0 Å². The van der Waals surface area contributed by atoms with Crippen LogP contribution in [0.25, 0.3) is 0 Å². The van der Waals surface area contributed by atoms with Crippen LogP contribution in [0.3, 0.4) is 0 Å². The number of urea groups is 1. The Bertz CT molecular complexity index is 565. The highest BCUT2D eigenvalue weighted by molar-refractivity contribution is 6.30. The van der Waals surface area contributed by atoms with Gasteiger partial charge in [0, 0.05) is 17.1 Å². The fourth-order valence-electron chi connectivity index (χ4n) is 1.66. The molecule has 1 aliphatic heterocycles. The number of ether oxygens (including phenoxy) is 2. The molecule has 0 fully saturated rings. The molecule has 2 rings (SSSR count). The number of alkyl halides is 3. The Morgan fingerprint density at radius 2 is 1.90 bits per heavy atom. The zero-order chi connectivity index (χ0) is 15.8. The number of fused-ring (bicyclic) bond motifs is 1. The third-order valence-electron chi connectivity index (χ3n) is 2.48. The first-order valence-electron chi connectivity index (χ1n) is 5.96. The Morgan fingerprint density at radius 1 is 1.29 bits per heavy atom. The van der Waals surface area contributed by atoms with Crippen molar-refractivity contribution in [1.29, 1.82) is 0 Å². The van der Waals surface area contributed by atoms with Gasteiger partial charge in [-0.05, 0) is 26.0 Å². The molecule has 2 amide bonds. The summed E-state index contributed by atoms with van der Waals surface area (Å²) in [6, 6.07) is 2.33. The van der Waals surface area contributed by atoms with Crippen LogP contribution in [0, 0.1) is 0 Å². The smallest absolute Gasteiger partial charge is 0.424 e. The molecule has 0 unspecified atom stereocenters. The molecular weight excluding hydrogens is 313 g/mol. The van der Waals surface area contributed by atoms with Gasteiger partial charge in [0.1, 0.15) is 0 Å². The summed E-state index contributed by atoms with van der Waals surface area (Å²) in [4.78, 5) is 11.6. The second-order valence-corrected chi connectivity index (χ2v) is 5.10. The molecule has 1 heterocycles. The van der Waals surface area contributed by atoms with Gasteiger partial charge in [-0.25, -0.2) is 4.79 Å². The number of hydrogen-bond acceptors (Lipinski definition) is 3. The van der Waals surface area contributed by atoms with E-state index in [0.717, 1.165) is 0 Å². The largest absolute Gasteiger partial charge is 0.492 e. The van der Waals surface area contributed by atoms with Gasteiger partial charge in [-0.1, -0.05) is 11.6 Å². The van der Waals surface area contributed by atoms with E-state index in [1.165, 1.54) is 18.2 Å². The van der Waals surface area contributed by atoms with E-state index in [1.54, 1.807) is 19.2 Å². The summed E-state index contributed by atoms with van der Waals surface area (Å²) < 4.78 is 49.3. The van der Waals surface area contributed by atoms with Crippen molar-refractivity contribution < 1.29 is 27.4 Å². The first-order valence-corrected chi connectivity index (χ1v) is 6.34. The molecule has 1 aromatic carbocycles. The standard InChI is InChI=1S/C12H12ClF3N2O3/c1-6(2)17-10(19)18-12(11(14,15)16)20-8-4-3-7(13)5-9(8)21-12/h3-6H,1-2H3,(H2,17,18,19)/t12-/m0/s1. The zero-order valence-electron chi connectivity index (χ0n) is 11.0. The predicted octanol–water partition coefficient (Wildman–Crippen LogP) is 3.03. The normalized spacial score (nSPS) is 20.5. The zero-order valence-corrected chi connectivity index (χ0v) is 11.8. The van der Waals surface area contributed by atoms with E-state index < -0.39 is 18.1 Å². The van der Waals surface area contributed by atoms with Crippen LogP contribution >= 0.6 is 11.6 Å². The lowest BCUT2D eigenvalue weighted by Crippen LogP contribution is -2.66. The maximum absolute atomic E-state index is 13.3. The monoisotopic (exact) mass is 324 g/mol. The molecule has 1 aliphatic rings. The van der Waals surface area contributed by atoms with Crippen LogP contribution in [0.2, 0.25) is 5.02 Å². The fraction of sp³-hybridized carbons (Fsp3) is 0.417. The summed E-state index contributed by atoms with van der Waals surface area (Å²) in [6.45, 7) is 3.20. The number of rotatable bonds is 2. The Morgan fingerprint density at radius 3 is 2.48 bits per heavy atom. The van der Waals surface area contributed by atoms with Crippen LogP contribution in [0.15, 0.2) is 18.2 Å². The highest BCUT2D eigenvalue weighted by Gasteiger charge is 2.65. The Hall–Kier alpha value is -1.83. The van der Waals surface area contributed by atoms with Gasteiger partial charge < -0.3 is 14.8 Å². The summed E-state index contributed by atoms with van der Waals surface area (Å²) in [7, 11) is 0. The first kappa shape index (κ1) is 15.6. The van der Waals surface area contributed by atoms with Crippen LogP contribution in [0.1, 0.15) is 13.8 Å². The van der Waals surface area contributed by atoms with Crippen molar-refractivity contribution in [1.82, 2.24) is 10.6 Å². The molecule has 9 heteroatoms. The van der Waals surface area contributed by atoms with Crippen LogP contribution in [-0.4, -0.2) is 24.2 Å². The summed E-state index contributed by atoms with van der Waals surface area (Å²) in [5.74, 6) is -3.65. The topological polar surface area (TPSA) is 59.6 Å². The van der Waals surface area contributed by atoms with Gasteiger partial charge in [0.25, 0.3) is 0 Å². The Balaban J connectivity index is 2.28. The minimum absolute atomic E-state index is 0.165. The van der Waals surface area contributed by atoms with E-state index in [4.69, 9.17) is 21.1 Å². The van der Waals surface area contributed by atoms with E-state index in [2.05, 4.69) is 5.32 Å². The molecular formula is C12H12ClF3N2O3. The van der Waals surface area contributed by atoms with Crippen LogP contribution in [0.5, 0.6) is 11.5 Å². The molecule has 5 nitrogen and oxygen atoms in total. The quantitative estimate of drug-likeness (QED) is 0.879. The van der Waals surface area contributed by atoms with Crippen molar-refractivity contribution in [2.45, 2.75) is 32.0 Å². The second-order valence-electron chi connectivity index (χ2n) is 4.66. The highest BCUT2D eigenvalue weighted by Crippen LogP contribution is 2.45. The summed E-state index contributed by atoms with van der Waals surface area (Å²) >= 11 is 5.69. The maximum atomic E-state index is 13.3. The number of carbonyl (C=O) groups excluding carboxylic acids is 1. The van der Waals surface area contributed by atoms with E-state index in [0.29, 0.717) is 0 Å². The van der Waals surface area contributed by atoms with Gasteiger partial charge in [-0.3, -0.25) is 5.32 Å². The molecule has 0 saturated carbocycles. The maximum Gasteiger partial charge on any atom is 0.492 e. The molecule has 21 heavy (non-hydrogen) atoms. The molecule has 1 atom stereocenters. The highest BCUT2D eigenvalue weighted by atomic mass is 35.5. The van der Waals surface area contributed by atoms with E-state index in [9.17, 15) is 18.0 Å². The molecule has 0 spiro atoms. The predicted molar refractivity (Wildman–Crippen MR) is 68.3 cm³/mol. The third-order valence-corrected chi connectivity index (χ3v) is 2.72. The van der Waals surface area contributed by atoms with Gasteiger partial charge in [-0.15, -0.1) is 0 Å². The Labute approximate surface area is 123 Å². The van der Waals surface area contributed by atoms with Gasteiger partial charge in [0.2, 0.25) is 0 Å². The lowest BCUT2D eigenvalue weighted by molar-refractivity contribution is -0.317. The lowest BCUT2D eigenvalue weighted by Gasteiger charge is -2.30. The van der Waals surface area contributed by atoms with Gasteiger partial charge in [-0.2, -0.15) is 13.2 Å². The second kappa shape index (κ2) is 5.18. The van der Waals surface area contributed by atoms with Crippen molar-refractivity contribution in [2.75, 3.05) is 0 Å².